The van der Waals surface area contributed by atoms with Crippen molar-refractivity contribution in [3.63, 3.8) is 0 Å². The first-order chi connectivity index (χ1) is 7.26. The maximum absolute atomic E-state index is 6.18. The lowest BCUT2D eigenvalue weighted by atomic mass is 9.87. The fourth-order valence-corrected chi connectivity index (χ4v) is 2.63. The third-order valence-corrected chi connectivity index (χ3v) is 3.41. The highest BCUT2D eigenvalue weighted by Crippen LogP contribution is 2.40. The van der Waals surface area contributed by atoms with Crippen molar-refractivity contribution >= 4 is 0 Å². The van der Waals surface area contributed by atoms with Gasteiger partial charge >= 0.3 is 0 Å². The molecular formula is C14H29NO. The van der Waals surface area contributed by atoms with Crippen LogP contribution in [0.1, 0.15) is 60.8 Å². The fourth-order valence-electron chi connectivity index (χ4n) is 2.63. The summed E-state index contributed by atoms with van der Waals surface area (Å²) in [5.74, 6) is 0. The van der Waals surface area contributed by atoms with Crippen LogP contribution >= 0.6 is 0 Å². The van der Waals surface area contributed by atoms with Gasteiger partial charge in [0.1, 0.15) is 0 Å². The van der Waals surface area contributed by atoms with E-state index in [1.165, 1.54) is 19.3 Å². The van der Waals surface area contributed by atoms with Gasteiger partial charge in [-0.05, 0) is 52.0 Å². The molecule has 1 aliphatic carbocycles. The van der Waals surface area contributed by atoms with Gasteiger partial charge in [0.05, 0.1) is 11.7 Å². The summed E-state index contributed by atoms with van der Waals surface area (Å²) in [5.41, 5.74) is 0.336. The molecule has 0 spiro atoms. The number of rotatable bonds is 4. The van der Waals surface area contributed by atoms with Gasteiger partial charge in [-0.1, -0.05) is 20.8 Å². The highest BCUT2D eigenvalue weighted by Gasteiger charge is 2.43. The summed E-state index contributed by atoms with van der Waals surface area (Å²) in [6.45, 7) is 14.5. The van der Waals surface area contributed by atoms with E-state index in [2.05, 4.69) is 46.9 Å². The van der Waals surface area contributed by atoms with E-state index < -0.39 is 0 Å². The Bertz CT molecular complexity index is 217. The van der Waals surface area contributed by atoms with Crippen LogP contribution in [-0.2, 0) is 4.74 Å². The van der Waals surface area contributed by atoms with Crippen LogP contribution < -0.4 is 5.32 Å². The summed E-state index contributed by atoms with van der Waals surface area (Å²) in [5, 5.41) is 3.67. The van der Waals surface area contributed by atoms with Gasteiger partial charge in [0.2, 0.25) is 0 Å². The lowest BCUT2D eigenvalue weighted by Crippen LogP contribution is -2.47. The van der Waals surface area contributed by atoms with Crippen LogP contribution in [0.4, 0.5) is 0 Å². The van der Waals surface area contributed by atoms with Crippen LogP contribution in [0.3, 0.4) is 0 Å². The van der Waals surface area contributed by atoms with E-state index in [0.717, 1.165) is 6.54 Å². The Morgan fingerprint density at radius 1 is 1.31 bits per heavy atom. The molecule has 0 radical (unpaired) electrons. The van der Waals surface area contributed by atoms with Gasteiger partial charge in [-0.3, -0.25) is 0 Å². The topological polar surface area (TPSA) is 21.3 Å². The van der Waals surface area contributed by atoms with Crippen LogP contribution in [0.15, 0.2) is 0 Å². The van der Waals surface area contributed by atoms with Crippen molar-refractivity contribution in [2.75, 3.05) is 6.54 Å². The molecule has 0 aromatic rings. The largest absolute Gasteiger partial charge is 0.371 e. The quantitative estimate of drug-likeness (QED) is 0.795. The van der Waals surface area contributed by atoms with E-state index >= 15 is 0 Å². The van der Waals surface area contributed by atoms with Crippen molar-refractivity contribution in [3.05, 3.63) is 0 Å². The Morgan fingerprint density at radius 2 is 1.94 bits per heavy atom. The smallest absolute Gasteiger partial charge is 0.0740 e. The average molecular weight is 227 g/mol. The first-order valence-corrected chi connectivity index (χ1v) is 6.67. The fraction of sp³-hybridized carbons (Fsp3) is 1.00. The summed E-state index contributed by atoms with van der Waals surface area (Å²) >= 11 is 0. The molecule has 0 aromatic heterocycles. The minimum atomic E-state index is -0.0305. The Hall–Kier alpha value is -0.0800. The maximum atomic E-state index is 6.18. The number of ether oxygens (including phenoxy) is 1. The lowest BCUT2D eigenvalue weighted by molar-refractivity contribution is -0.0726. The van der Waals surface area contributed by atoms with Gasteiger partial charge < -0.3 is 10.1 Å². The molecule has 1 aliphatic rings. The Balaban J connectivity index is 2.62. The zero-order valence-corrected chi connectivity index (χ0v) is 11.9. The van der Waals surface area contributed by atoms with Gasteiger partial charge in [0.25, 0.3) is 0 Å². The van der Waals surface area contributed by atoms with Gasteiger partial charge in [0, 0.05) is 6.04 Å². The highest BCUT2D eigenvalue weighted by molar-refractivity contribution is 4.97. The first kappa shape index (κ1) is 14.0. The summed E-state index contributed by atoms with van der Waals surface area (Å²) in [6.07, 6.45) is 4.01. The summed E-state index contributed by atoms with van der Waals surface area (Å²) in [4.78, 5) is 0. The summed E-state index contributed by atoms with van der Waals surface area (Å²) < 4.78 is 6.18. The van der Waals surface area contributed by atoms with E-state index in [0.29, 0.717) is 17.6 Å². The van der Waals surface area contributed by atoms with Gasteiger partial charge in [-0.25, -0.2) is 0 Å². The van der Waals surface area contributed by atoms with Crippen molar-refractivity contribution in [1.29, 1.82) is 0 Å². The third-order valence-electron chi connectivity index (χ3n) is 3.41. The molecule has 1 rings (SSSR count). The normalized spacial score (nSPS) is 29.6. The molecule has 16 heavy (non-hydrogen) atoms. The molecule has 0 saturated heterocycles. The van der Waals surface area contributed by atoms with Crippen LogP contribution in [-0.4, -0.2) is 24.3 Å². The SMILES string of the molecule is CCCNC1C(OC(C)(C)C)CCC1(C)C. The molecule has 2 unspecified atom stereocenters. The van der Waals surface area contributed by atoms with Gasteiger partial charge in [0.15, 0.2) is 0 Å². The van der Waals surface area contributed by atoms with Crippen molar-refractivity contribution in [2.45, 2.75) is 78.6 Å². The highest BCUT2D eigenvalue weighted by atomic mass is 16.5. The van der Waals surface area contributed by atoms with E-state index in [1.54, 1.807) is 0 Å². The molecule has 2 nitrogen and oxygen atoms in total. The average Bonchev–Trinajstić information content (AvgIpc) is 2.37. The lowest BCUT2D eigenvalue weighted by Gasteiger charge is -2.35. The second kappa shape index (κ2) is 5.05. The van der Waals surface area contributed by atoms with Crippen molar-refractivity contribution in [2.24, 2.45) is 5.41 Å². The molecule has 96 valence electrons. The molecule has 0 bridgehead atoms. The Labute approximate surface area is 101 Å². The summed E-state index contributed by atoms with van der Waals surface area (Å²) in [7, 11) is 0. The van der Waals surface area contributed by atoms with Crippen molar-refractivity contribution < 1.29 is 4.74 Å². The van der Waals surface area contributed by atoms with Crippen LogP contribution in [0.25, 0.3) is 0 Å². The number of hydrogen-bond acceptors (Lipinski definition) is 2. The second-order valence-electron chi connectivity index (χ2n) is 6.73. The maximum Gasteiger partial charge on any atom is 0.0740 e. The van der Waals surface area contributed by atoms with Crippen LogP contribution in [0, 0.1) is 5.41 Å². The van der Waals surface area contributed by atoms with Crippen molar-refractivity contribution in [1.82, 2.24) is 5.32 Å². The molecule has 0 heterocycles. The molecule has 1 N–H and O–H groups in total. The second-order valence-corrected chi connectivity index (χ2v) is 6.73. The van der Waals surface area contributed by atoms with E-state index in [9.17, 15) is 0 Å². The molecule has 2 atom stereocenters. The molecular weight excluding hydrogens is 198 g/mol. The van der Waals surface area contributed by atoms with E-state index in [1.807, 2.05) is 0 Å². The molecule has 2 heteroatoms. The first-order valence-electron chi connectivity index (χ1n) is 6.67. The van der Waals surface area contributed by atoms with Crippen LogP contribution in [0.2, 0.25) is 0 Å². The molecule has 0 aliphatic heterocycles. The molecule has 0 aromatic carbocycles. The van der Waals surface area contributed by atoms with Gasteiger partial charge in [-0.15, -0.1) is 0 Å². The Kier molecular flexibility index (Phi) is 4.42. The summed E-state index contributed by atoms with van der Waals surface area (Å²) in [6, 6.07) is 0.506. The standard InChI is InChI=1S/C14H29NO/c1-7-10-15-12-11(16-13(2,3)4)8-9-14(12,5)6/h11-12,15H,7-10H2,1-6H3. The monoisotopic (exact) mass is 227 g/mol. The molecule has 1 saturated carbocycles. The van der Waals surface area contributed by atoms with E-state index in [-0.39, 0.29) is 5.60 Å². The van der Waals surface area contributed by atoms with E-state index in [4.69, 9.17) is 4.74 Å². The number of nitrogens with one attached hydrogen (secondary N) is 1. The minimum Gasteiger partial charge on any atom is -0.371 e. The Morgan fingerprint density at radius 3 is 2.44 bits per heavy atom. The molecule has 0 amide bonds. The predicted octanol–water partition coefficient (Wildman–Crippen LogP) is 3.36. The zero-order valence-electron chi connectivity index (χ0n) is 11.9. The third kappa shape index (κ3) is 3.74. The molecule has 1 fully saturated rings. The van der Waals surface area contributed by atoms with Gasteiger partial charge in [-0.2, -0.15) is 0 Å². The minimum absolute atomic E-state index is 0.0305. The number of hydrogen-bond donors (Lipinski definition) is 1. The zero-order chi connectivity index (χ0) is 12.4. The van der Waals surface area contributed by atoms with Crippen molar-refractivity contribution in [3.8, 4) is 0 Å². The van der Waals surface area contributed by atoms with Crippen LogP contribution in [0.5, 0.6) is 0 Å². The predicted molar refractivity (Wildman–Crippen MR) is 69.7 cm³/mol.